The van der Waals surface area contributed by atoms with Crippen molar-refractivity contribution in [3.63, 3.8) is 0 Å². The summed E-state index contributed by atoms with van der Waals surface area (Å²) in [4.78, 5) is 23.6. The van der Waals surface area contributed by atoms with Gasteiger partial charge in [0, 0.05) is 10.0 Å². The fourth-order valence-corrected chi connectivity index (χ4v) is 3.76. The zero-order valence-corrected chi connectivity index (χ0v) is 15.9. The molecule has 1 aliphatic rings. The van der Waals surface area contributed by atoms with Crippen LogP contribution in [0.25, 0.3) is 0 Å². The smallest absolute Gasteiger partial charge is 0.325 e. The molecule has 27 heavy (non-hydrogen) atoms. The maximum Gasteiger partial charge on any atom is 0.325 e. The first-order valence-corrected chi connectivity index (χ1v) is 9.79. The molecule has 3 rings (SSSR count). The third-order valence-corrected chi connectivity index (χ3v) is 5.36. The zero-order chi connectivity index (χ0) is 19.6. The Labute approximate surface area is 165 Å². The molecule has 142 valence electrons. The van der Waals surface area contributed by atoms with Crippen molar-refractivity contribution >= 4 is 45.2 Å². The molecule has 8 nitrogen and oxygen atoms in total. The lowest BCUT2D eigenvalue weighted by molar-refractivity contribution is -0.118. The number of amides is 3. The van der Waals surface area contributed by atoms with Gasteiger partial charge in [-0.1, -0.05) is 23.2 Å². The summed E-state index contributed by atoms with van der Waals surface area (Å²) in [6, 6.07) is 9.69. The summed E-state index contributed by atoms with van der Waals surface area (Å²) in [6.45, 7) is -0.518. The lowest BCUT2D eigenvalue weighted by atomic mass is 10.3. The first-order valence-electron chi connectivity index (χ1n) is 7.55. The summed E-state index contributed by atoms with van der Waals surface area (Å²) >= 11 is 11.8. The molecule has 2 aromatic carbocycles. The van der Waals surface area contributed by atoms with Crippen LogP contribution in [0, 0.1) is 0 Å². The van der Waals surface area contributed by atoms with E-state index >= 15 is 0 Å². The molecule has 1 aliphatic heterocycles. The van der Waals surface area contributed by atoms with Crippen molar-refractivity contribution in [1.82, 2.24) is 14.9 Å². The van der Waals surface area contributed by atoms with Gasteiger partial charge in [0.25, 0.3) is 0 Å². The second kappa shape index (κ2) is 7.73. The number of urea groups is 1. The molecular weight excluding hydrogens is 417 g/mol. The van der Waals surface area contributed by atoms with Crippen molar-refractivity contribution in [3.8, 4) is 11.5 Å². The van der Waals surface area contributed by atoms with Gasteiger partial charge < -0.3 is 9.64 Å². The molecule has 1 saturated heterocycles. The first kappa shape index (κ1) is 19.4. The number of rotatable bonds is 6. The van der Waals surface area contributed by atoms with Crippen LogP contribution in [0.3, 0.4) is 0 Å². The number of carbonyl (C=O) groups is 2. The van der Waals surface area contributed by atoms with Gasteiger partial charge in [-0.2, -0.15) is 4.72 Å². The van der Waals surface area contributed by atoms with Crippen molar-refractivity contribution in [3.05, 3.63) is 52.5 Å². The molecule has 2 N–H and O–H groups in total. The number of benzene rings is 2. The Morgan fingerprint density at radius 2 is 1.67 bits per heavy atom. The predicted octanol–water partition coefficient (Wildman–Crippen LogP) is 2.57. The predicted molar refractivity (Wildman–Crippen MR) is 98.4 cm³/mol. The van der Waals surface area contributed by atoms with Crippen LogP contribution >= 0.6 is 23.2 Å². The quantitative estimate of drug-likeness (QED) is 0.686. The molecule has 11 heteroatoms. The monoisotopic (exact) mass is 429 g/mol. The van der Waals surface area contributed by atoms with E-state index in [1.807, 2.05) is 0 Å². The highest BCUT2D eigenvalue weighted by molar-refractivity contribution is 7.89. The van der Waals surface area contributed by atoms with Gasteiger partial charge in [-0.05, 0) is 42.5 Å². The van der Waals surface area contributed by atoms with E-state index < -0.39 is 22.0 Å². The van der Waals surface area contributed by atoms with Gasteiger partial charge in [0.15, 0.2) is 0 Å². The molecule has 0 aliphatic carbocycles. The van der Waals surface area contributed by atoms with Crippen molar-refractivity contribution < 1.29 is 22.7 Å². The number of hydrogen-bond acceptors (Lipinski definition) is 5. The van der Waals surface area contributed by atoms with Crippen molar-refractivity contribution in [2.24, 2.45) is 0 Å². The molecule has 0 spiro atoms. The Morgan fingerprint density at radius 3 is 2.22 bits per heavy atom. The van der Waals surface area contributed by atoms with E-state index in [1.54, 1.807) is 18.2 Å². The third-order valence-electron chi connectivity index (χ3n) is 3.52. The number of halogens is 2. The van der Waals surface area contributed by atoms with Gasteiger partial charge in [-0.25, -0.2) is 13.2 Å². The molecule has 1 heterocycles. The van der Waals surface area contributed by atoms with Crippen molar-refractivity contribution in [2.75, 3.05) is 13.2 Å². The summed E-state index contributed by atoms with van der Waals surface area (Å²) in [5.74, 6) is 0.310. The summed E-state index contributed by atoms with van der Waals surface area (Å²) in [7, 11) is -3.87. The van der Waals surface area contributed by atoms with E-state index in [0.29, 0.717) is 21.5 Å². The number of hydrogen-bond donors (Lipinski definition) is 2. The molecule has 0 radical (unpaired) electrons. The van der Waals surface area contributed by atoms with Gasteiger partial charge >= 0.3 is 6.03 Å². The van der Waals surface area contributed by atoms with Crippen molar-refractivity contribution in [2.45, 2.75) is 4.90 Å². The normalized spacial score (nSPS) is 14.4. The Balaban J connectivity index is 1.66. The Hall–Kier alpha value is -2.33. The number of carbonyl (C=O) groups excluding carboxylic acids is 2. The Morgan fingerprint density at radius 1 is 1.04 bits per heavy atom. The Bertz CT molecular complexity index is 975. The molecule has 1 fully saturated rings. The average molecular weight is 430 g/mol. The van der Waals surface area contributed by atoms with Crippen LogP contribution in [0.15, 0.2) is 47.4 Å². The van der Waals surface area contributed by atoms with Crippen LogP contribution in [0.4, 0.5) is 4.79 Å². The highest BCUT2D eigenvalue weighted by atomic mass is 35.5. The molecule has 0 aromatic heterocycles. The van der Waals surface area contributed by atoms with E-state index in [0.717, 1.165) is 4.90 Å². The maximum atomic E-state index is 12.3. The number of sulfonamides is 1. The van der Waals surface area contributed by atoms with Crippen LogP contribution in [0.2, 0.25) is 10.0 Å². The highest BCUT2D eigenvalue weighted by Crippen LogP contribution is 2.28. The van der Waals surface area contributed by atoms with Crippen LogP contribution in [0.1, 0.15) is 0 Å². The standard InChI is InChI=1S/C16H13Cl2N3O5S/c17-10-5-11(18)7-13(6-10)26-12-1-3-14(4-2-12)27(24,25)19-9-21-8-15(22)20-16(21)23/h1-7,19H,8-9H2,(H,20,22,23). The minimum Gasteiger partial charge on any atom is -0.457 e. The lowest BCUT2D eigenvalue weighted by Crippen LogP contribution is -2.39. The van der Waals surface area contributed by atoms with E-state index in [-0.39, 0.29) is 18.1 Å². The zero-order valence-electron chi connectivity index (χ0n) is 13.6. The molecule has 3 amide bonds. The third kappa shape index (κ3) is 4.89. The van der Waals surface area contributed by atoms with Crippen LogP contribution in [0.5, 0.6) is 11.5 Å². The minimum absolute atomic E-state index is 0.0232. The Kier molecular flexibility index (Phi) is 5.56. The van der Waals surface area contributed by atoms with Gasteiger partial charge in [0.2, 0.25) is 15.9 Å². The van der Waals surface area contributed by atoms with E-state index in [2.05, 4.69) is 10.0 Å². The molecule has 0 unspecified atom stereocenters. The second-order valence-electron chi connectivity index (χ2n) is 5.54. The van der Waals surface area contributed by atoms with Crippen molar-refractivity contribution in [1.29, 1.82) is 0 Å². The van der Waals surface area contributed by atoms with Gasteiger partial charge in [0.05, 0.1) is 11.6 Å². The highest BCUT2D eigenvalue weighted by Gasteiger charge is 2.27. The summed E-state index contributed by atoms with van der Waals surface area (Å²) in [6.07, 6.45) is 0. The van der Waals surface area contributed by atoms with Crippen LogP contribution in [-0.4, -0.2) is 38.5 Å². The maximum absolute atomic E-state index is 12.3. The fourth-order valence-electron chi connectivity index (χ4n) is 2.27. The number of imide groups is 1. The van der Waals surface area contributed by atoms with Crippen LogP contribution < -0.4 is 14.8 Å². The van der Waals surface area contributed by atoms with Gasteiger partial charge in [-0.15, -0.1) is 0 Å². The second-order valence-corrected chi connectivity index (χ2v) is 8.18. The lowest BCUT2D eigenvalue weighted by Gasteiger charge is -2.14. The SMILES string of the molecule is O=C1CN(CNS(=O)(=O)c2ccc(Oc3cc(Cl)cc(Cl)c3)cc2)C(=O)N1. The summed E-state index contributed by atoms with van der Waals surface area (Å²) < 4.78 is 32.5. The molecule has 0 atom stereocenters. The average Bonchev–Trinajstić information content (AvgIpc) is 2.90. The molecule has 0 bridgehead atoms. The fraction of sp³-hybridized carbons (Fsp3) is 0.125. The largest absolute Gasteiger partial charge is 0.457 e. The van der Waals surface area contributed by atoms with E-state index in [1.165, 1.54) is 24.3 Å². The molecule has 2 aromatic rings. The molecular formula is C16H13Cl2N3O5S. The van der Waals surface area contributed by atoms with Gasteiger partial charge in [0.1, 0.15) is 18.0 Å². The summed E-state index contributed by atoms with van der Waals surface area (Å²) in [5.41, 5.74) is 0. The van der Waals surface area contributed by atoms with E-state index in [4.69, 9.17) is 27.9 Å². The topological polar surface area (TPSA) is 105 Å². The van der Waals surface area contributed by atoms with Gasteiger partial charge in [-0.3, -0.25) is 10.1 Å². The number of nitrogens with zero attached hydrogens (tertiary/aromatic N) is 1. The minimum atomic E-state index is -3.87. The number of ether oxygens (including phenoxy) is 1. The first-order chi connectivity index (χ1) is 12.7. The number of nitrogens with one attached hydrogen (secondary N) is 2. The summed E-state index contributed by atoms with van der Waals surface area (Å²) in [5, 5.41) is 2.87. The van der Waals surface area contributed by atoms with Crippen LogP contribution in [-0.2, 0) is 14.8 Å². The molecule has 0 saturated carbocycles. The van der Waals surface area contributed by atoms with E-state index in [9.17, 15) is 18.0 Å².